The van der Waals surface area contributed by atoms with Crippen LogP contribution < -0.4 is 10.6 Å². The molecule has 27 heavy (non-hydrogen) atoms. The summed E-state index contributed by atoms with van der Waals surface area (Å²) in [6, 6.07) is 0. The normalized spacial score (nSPS) is 16.6. The van der Waals surface area contributed by atoms with Gasteiger partial charge in [0.25, 0.3) is 0 Å². The van der Waals surface area contributed by atoms with E-state index >= 15 is 0 Å². The molecular weight excluding hydrogens is 373 g/mol. The molecule has 1 rings (SSSR count). The summed E-state index contributed by atoms with van der Waals surface area (Å²) in [7, 11) is 5.37. The van der Waals surface area contributed by atoms with Crippen molar-refractivity contribution < 1.29 is 28.7 Å². The van der Waals surface area contributed by atoms with Gasteiger partial charge >= 0.3 is 0 Å². The van der Waals surface area contributed by atoms with Crippen molar-refractivity contribution in [2.24, 2.45) is 0 Å². The molecule has 2 N–H and O–H groups in total. The van der Waals surface area contributed by atoms with Gasteiger partial charge in [-0.15, -0.1) is 0 Å². The first-order valence-corrected chi connectivity index (χ1v) is 9.76. The van der Waals surface area contributed by atoms with Crippen LogP contribution in [0, 0.1) is 0 Å². The van der Waals surface area contributed by atoms with Gasteiger partial charge in [-0.05, 0) is 6.42 Å². The maximum Gasteiger partial charge on any atom is 0.241 e. The molecule has 0 aliphatic carbocycles. The smallest absolute Gasteiger partial charge is 0.241 e. The number of nitrogens with zero attached hydrogens (tertiary/aromatic N) is 1. The number of amides is 4. The van der Waals surface area contributed by atoms with Crippen LogP contribution in [0.15, 0.2) is 0 Å². The van der Waals surface area contributed by atoms with Crippen molar-refractivity contribution in [3.63, 3.8) is 0 Å². The van der Waals surface area contributed by atoms with Gasteiger partial charge in [0, 0.05) is 39.4 Å². The van der Waals surface area contributed by atoms with E-state index in [0.717, 1.165) is 11.6 Å². The van der Waals surface area contributed by atoms with E-state index in [0.29, 0.717) is 45.9 Å². The second-order valence-electron chi connectivity index (χ2n) is 5.87. The second-order valence-corrected chi connectivity index (χ2v) is 6.71. The highest BCUT2D eigenvalue weighted by atomic mass is 32.2. The summed E-state index contributed by atoms with van der Waals surface area (Å²) in [5, 5.41) is 4.82. The zero-order chi connectivity index (χ0) is 20.1. The van der Waals surface area contributed by atoms with Crippen LogP contribution in [-0.2, 0) is 28.7 Å². The molecule has 2 radical (unpaired) electrons. The molecule has 0 bridgehead atoms. The van der Waals surface area contributed by atoms with E-state index in [1.165, 1.54) is 11.8 Å². The first kappa shape index (κ1) is 23.5. The lowest BCUT2D eigenvalue weighted by molar-refractivity contribution is -0.138. The number of hydrogen-bond acceptors (Lipinski definition) is 7. The van der Waals surface area contributed by atoms with Crippen LogP contribution in [0.1, 0.15) is 26.2 Å². The Hall–Kier alpha value is -1.59. The van der Waals surface area contributed by atoms with Gasteiger partial charge in [-0.2, -0.15) is 0 Å². The van der Waals surface area contributed by atoms with E-state index in [2.05, 4.69) is 10.6 Å². The van der Waals surface area contributed by atoms with E-state index in [1.807, 2.05) is 0 Å². The van der Waals surface area contributed by atoms with Crippen LogP contribution in [0.25, 0.3) is 0 Å². The summed E-state index contributed by atoms with van der Waals surface area (Å²) in [6.45, 7) is 4.10. The minimum absolute atomic E-state index is 0.0945. The van der Waals surface area contributed by atoms with Gasteiger partial charge in [0.15, 0.2) is 7.12 Å². The Balaban J connectivity index is 1.95. The van der Waals surface area contributed by atoms with Gasteiger partial charge in [-0.3, -0.25) is 24.1 Å². The van der Waals surface area contributed by atoms with Crippen molar-refractivity contribution >= 4 is 42.4 Å². The Morgan fingerprint density at radius 1 is 1.15 bits per heavy atom. The third kappa shape index (κ3) is 9.78. The molecule has 1 aliphatic heterocycles. The number of imide groups is 1. The summed E-state index contributed by atoms with van der Waals surface area (Å²) in [6.07, 6.45) is 0.762. The summed E-state index contributed by atoms with van der Waals surface area (Å²) in [5.41, 5.74) is 0. The highest BCUT2D eigenvalue weighted by Gasteiger charge is 2.37. The standard InChI is InChI=1S/C16H26BN3O6S/c1-12(21)18-4-7-25-9-10-26-8-5-19-14(22)3-2-6-20-15(23)11-13(27-17)16(20)24/h13H,2-11H2,1H3,(H,18,21)(H,19,22). The quantitative estimate of drug-likeness (QED) is 0.219. The van der Waals surface area contributed by atoms with Crippen LogP contribution >= 0.6 is 11.6 Å². The van der Waals surface area contributed by atoms with Gasteiger partial charge < -0.3 is 20.1 Å². The first-order chi connectivity index (χ1) is 13.0. The van der Waals surface area contributed by atoms with Crippen molar-refractivity contribution in [2.75, 3.05) is 46.1 Å². The average molecular weight is 399 g/mol. The molecule has 1 unspecified atom stereocenters. The molecule has 11 heteroatoms. The summed E-state index contributed by atoms with van der Waals surface area (Å²) in [4.78, 5) is 47.1. The van der Waals surface area contributed by atoms with Crippen molar-refractivity contribution in [3.8, 4) is 0 Å². The number of hydrogen-bond donors (Lipinski definition) is 2. The number of likely N-dealkylation sites (tertiary alicyclic amines) is 1. The molecule has 0 saturated carbocycles. The largest absolute Gasteiger partial charge is 0.377 e. The topological polar surface area (TPSA) is 114 Å². The van der Waals surface area contributed by atoms with Crippen molar-refractivity contribution in [3.05, 3.63) is 0 Å². The Morgan fingerprint density at radius 2 is 1.78 bits per heavy atom. The highest BCUT2D eigenvalue weighted by molar-refractivity contribution is 8.20. The zero-order valence-corrected chi connectivity index (χ0v) is 16.3. The Labute approximate surface area is 164 Å². The fraction of sp³-hybridized carbons (Fsp3) is 0.750. The predicted molar refractivity (Wildman–Crippen MR) is 101 cm³/mol. The average Bonchev–Trinajstić information content (AvgIpc) is 2.90. The number of ether oxygens (including phenoxy) is 2. The second kappa shape index (κ2) is 13.6. The molecule has 1 heterocycles. The van der Waals surface area contributed by atoms with Crippen LogP contribution in [0.3, 0.4) is 0 Å². The molecule has 0 aromatic heterocycles. The van der Waals surface area contributed by atoms with Gasteiger partial charge in [-0.1, -0.05) is 0 Å². The molecule has 1 atom stereocenters. The van der Waals surface area contributed by atoms with Gasteiger partial charge in [0.05, 0.1) is 31.7 Å². The zero-order valence-electron chi connectivity index (χ0n) is 15.5. The predicted octanol–water partition coefficient (Wildman–Crippen LogP) is -1.00. The molecule has 1 fully saturated rings. The number of nitrogens with one attached hydrogen (secondary N) is 2. The maximum absolute atomic E-state index is 11.9. The molecule has 1 saturated heterocycles. The summed E-state index contributed by atoms with van der Waals surface area (Å²) < 4.78 is 10.6. The fourth-order valence-corrected chi connectivity index (χ4v) is 2.85. The minimum atomic E-state index is -0.502. The summed E-state index contributed by atoms with van der Waals surface area (Å²) >= 11 is 0.881. The molecule has 4 amide bonds. The maximum atomic E-state index is 11.9. The third-order valence-electron chi connectivity index (χ3n) is 3.71. The van der Waals surface area contributed by atoms with Crippen LogP contribution in [0.4, 0.5) is 0 Å². The van der Waals surface area contributed by atoms with Crippen LogP contribution in [0.5, 0.6) is 0 Å². The molecular formula is C16H26BN3O6S. The Bertz CT molecular complexity index is 522. The highest BCUT2D eigenvalue weighted by Crippen LogP contribution is 2.22. The third-order valence-corrected chi connectivity index (χ3v) is 4.41. The van der Waals surface area contributed by atoms with E-state index in [1.54, 1.807) is 0 Å². The van der Waals surface area contributed by atoms with Crippen molar-refractivity contribution in [1.82, 2.24) is 15.5 Å². The van der Waals surface area contributed by atoms with E-state index in [-0.39, 0.29) is 43.0 Å². The Kier molecular flexibility index (Phi) is 11.8. The van der Waals surface area contributed by atoms with Crippen molar-refractivity contribution in [2.45, 2.75) is 31.4 Å². The summed E-state index contributed by atoms with van der Waals surface area (Å²) in [5.74, 6) is -0.770. The lowest BCUT2D eigenvalue weighted by Crippen LogP contribution is -2.33. The number of rotatable bonds is 14. The lowest BCUT2D eigenvalue weighted by Gasteiger charge is -2.14. The van der Waals surface area contributed by atoms with Crippen LogP contribution in [0.2, 0.25) is 0 Å². The molecule has 9 nitrogen and oxygen atoms in total. The number of carbonyl (C=O) groups is 4. The number of carbonyl (C=O) groups excluding carboxylic acids is 4. The molecule has 0 aromatic rings. The van der Waals surface area contributed by atoms with E-state index in [9.17, 15) is 19.2 Å². The van der Waals surface area contributed by atoms with Gasteiger partial charge in [0.1, 0.15) is 0 Å². The van der Waals surface area contributed by atoms with Crippen molar-refractivity contribution in [1.29, 1.82) is 0 Å². The monoisotopic (exact) mass is 399 g/mol. The SMILES string of the molecule is [B]SC1CC(=O)N(CCCC(=O)NCCOCCOCCNC(C)=O)C1=O. The first-order valence-electron chi connectivity index (χ1n) is 8.82. The molecule has 150 valence electrons. The van der Waals surface area contributed by atoms with Gasteiger partial charge in [0.2, 0.25) is 23.6 Å². The molecule has 0 spiro atoms. The van der Waals surface area contributed by atoms with Gasteiger partial charge in [-0.25, -0.2) is 11.6 Å². The molecule has 1 aliphatic rings. The Morgan fingerprint density at radius 3 is 2.33 bits per heavy atom. The van der Waals surface area contributed by atoms with E-state index in [4.69, 9.17) is 16.6 Å². The van der Waals surface area contributed by atoms with Crippen LogP contribution in [-0.4, -0.2) is 87.0 Å². The lowest BCUT2D eigenvalue weighted by atomic mass is 10.3. The molecule has 0 aromatic carbocycles. The fourth-order valence-electron chi connectivity index (χ4n) is 2.36. The van der Waals surface area contributed by atoms with E-state index < -0.39 is 5.25 Å². The minimum Gasteiger partial charge on any atom is -0.377 e.